The van der Waals surface area contributed by atoms with Gasteiger partial charge in [-0.25, -0.2) is 0 Å². The van der Waals surface area contributed by atoms with E-state index in [1.54, 1.807) is 60.0 Å². The van der Waals surface area contributed by atoms with Crippen molar-refractivity contribution in [2.24, 2.45) is 11.8 Å². The Morgan fingerprint density at radius 2 is 1.15 bits per heavy atom. The molecular formula is C51H72N8O12. The number of carbonyl (C=O) groups excluding carboxylic acids is 6. The van der Waals surface area contributed by atoms with Gasteiger partial charge in [-0.2, -0.15) is 10.2 Å². The van der Waals surface area contributed by atoms with Gasteiger partial charge in [0, 0.05) is 12.1 Å². The molecule has 71 heavy (non-hydrogen) atoms. The highest BCUT2D eigenvalue weighted by atomic mass is 16.5. The van der Waals surface area contributed by atoms with Gasteiger partial charge in [-0.15, -0.1) is 0 Å². The number of nitrogens with zero attached hydrogens (tertiary/aromatic N) is 4. The van der Waals surface area contributed by atoms with Crippen LogP contribution in [-0.4, -0.2) is 116 Å². The predicted octanol–water partition coefficient (Wildman–Crippen LogP) is 6.05. The molecule has 20 nitrogen and oxygen atoms in total. The van der Waals surface area contributed by atoms with E-state index in [2.05, 4.69) is 45.0 Å². The Hall–Kier alpha value is -7.12. The second-order valence-electron chi connectivity index (χ2n) is 17.7. The Bertz CT molecular complexity index is 2440. The van der Waals surface area contributed by atoms with E-state index in [9.17, 15) is 28.8 Å². The number of methoxy groups -OCH3 is 5. The summed E-state index contributed by atoms with van der Waals surface area (Å²) >= 11 is 0. The first-order valence-electron chi connectivity index (χ1n) is 24.0. The molecule has 0 aliphatic rings. The fourth-order valence-corrected chi connectivity index (χ4v) is 7.63. The molecule has 0 aliphatic heterocycles. The van der Waals surface area contributed by atoms with Gasteiger partial charge >= 0.3 is 11.9 Å². The number of hydrogen-bond acceptors (Lipinski definition) is 14. The fraction of sp³-hybridized carbons (Fsp3) is 0.529. The van der Waals surface area contributed by atoms with Crippen molar-refractivity contribution in [3.05, 3.63) is 59.4 Å². The highest BCUT2D eigenvalue weighted by molar-refractivity contribution is 5.99. The molecule has 388 valence electrons. The predicted molar refractivity (Wildman–Crippen MR) is 265 cm³/mol. The van der Waals surface area contributed by atoms with Crippen molar-refractivity contribution in [2.75, 3.05) is 48.6 Å². The van der Waals surface area contributed by atoms with E-state index >= 15 is 0 Å². The van der Waals surface area contributed by atoms with E-state index in [1.807, 2.05) is 40.7 Å². The van der Waals surface area contributed by atoms with Gasteiger partial charge in [0.2, 0.25) is 11.8 Å². The second-order valence-corrected chi connectivity index (χ2v) is 17.7. The minimum atomic E-state index is -0.995. The first-order valence-corrected chi connectivity index (χ1v) is 24.0. The second kappa shape index (κ2) is 27.3. The van der Waals surface area contributed by atoms with Crippen molar-refractivity contribution in [3.8, 4) is 45.5 Å². The lowest BCUT2D eigenvalue weighted by Gasteiger charge is -2.21. The van der Waals surface area contributed by atoms with Crippen molar-refractivity contribution in [3.63, 3.8) is 0 Å². The SMILES string of the molecule is CCCC[C@H](NC(=O)c1cc(-c2c(OC)ccc(COC(=O)CNC(=O)[C@H](CCCC)NC(=O)c3cc(-c4c(OC)cccc4OC)n(C(C)C(C)C)n3)c2OC)n(CC(C)C)n1)C(=O)NCC(=O)OC. The lowest BCUT2D eigenvalue weighted by Crippen LogP contribution is -2.48. The molecule has 0 saturated heterocycles. The molecule has 4 N–H and O–H groups in total. The molecule has 4 aromatic rings. The molecule has 2 aromatic heterocycles. The molecule has 0 spiro atoms. The van der Waals surface area contributed by atoms with Crippen LogP contribution in [0, 0.1) is 11.8 Å². The molecule has 2 heterocycles. The van der Waals surface area contributed by atoms with Gasteiger partial charge in [0.1, 0.15) is 54.8 Å². The molecule has 1 unspecified atom stereocenters. The Morgan fingerprint density at radius 3 is 1.65 bits per heavy atom. The van der Waals surface area contributed by atoms with Gasteiger partial charge in [0.25, 0.3) is 11.8 Å². The van der Waals surface area contributed by atoms with E-state index in [0.29, 0.717) is 77.6 Å². The standard InChI is InChI=1S/C51H72N8O12/c1-13-15-18-34(48(62)52-26-43(60)69-11)54-50(64)36-24-38(58(56-36)28-30(3)4)46-42(68-10)23-22-33(47(46)70-12)29-71-44(61)27-53-49(63)35(19-16-14-2)55-51(65)37-25-39(59(57-37)32(7)31(5)6)45-40(66-8)20-17-21-41(45)67-9/h17,20-25,30-32,34-35H,13-16,18-19,26-29H2,1-12H3,(H,52,62)(H,53,63)(H,54,64)(H,55,65)/t32?,34-,35-/m0/s1. The van der Waals surface area contributed by atoms with Crippen LogP contribution >= 0.6 is 0 Å². The number of hydrogen-bond donors (Lipinski definition) is 4. The quantitative estimate of drug-likeness (QED) is 0.0474. The van der Waals surface area contributed by atoms with Crippen LogP contribution in [0.15, 0.2) is 42.5 Å². The Morgan fingerprint density at radius 1 is 0.634 bits per heavy atom. The van der Waals surface area contributed by atoms with E-state index in [0.717, 1.165) is 12.8 Å². The van der Waals surface area contributed by atoms with Crippen LogP contribution in [0.5, 0.6) is 23.0 Å². The van der Waals surface area contributed by atoms with Gasteiger partial charge in [-0.3, -0.25) is 38.1 Å². The normalized spacial score (nSPS) is 12.4. The molecule has 3 atom stereocenters. The summed E-state index contributed by atoms with van der Waals surface area (Å²) in [5.41, 5.74) is 2.65. The molecule has 0 radical (unpaired) electrons. The number of amides is 4. The molecule has 0 fully saturated rings. The third kappa shape index (κ3) is 14.9. The maximum absolute atomic E-state index is 13.9. The lowest BCUT2D eigenvalue weighted by molar-refractivity contribution is -0.145. The lowest BCUT2D eigenvalue weighted by atomic mass is 10.0. The third-order valence-corrected chi connectivity index (χ3v) is 11.8. The average Bonchev–Trinajstić information content (AvgIpc) is 4.00. The summed E-state index contributed by atoms with van der Waals surface area (Å²) in [6.45, 7) is 13.3. The summed E-state index contributed by atoms with van der Waals surface area (Å²) in [4.78, 5) is 79.4. The Labute approximate surface area is 416 Å². The zero-order valence-corrected chi connectivity index (χ0v) is 43.2. The zero-order valence-electron chi connectivity index (χ0n) is 43.2. The smallest absolute Gasteiger partial charge is 0.325 e. The van der Waals surface area contributed by atoms with Crippen LogP contribution in [0.3, 0.4) is 0 Å². The van der Waals surface area contributed by atoms with Gasteiger partial charge < -0.3 is 49.7 Å². The van der Waals surface area contributed by atoms with Crippen LogP contribution in [0.25, 0.3) is 22.5 Å². The van der Waals surface area contributed by atoms with Crippen molar-refractivity contribution in [1.29, 1.82) is 0 Å². The number of unbranched alkanes of at least 4 members (excludes halogenated alkanes) is 2. The van der Waals surface area contributed by atoms with Gasteiger partial charge in [0.05, 0.1) is 64.1 Å². The van der Waals surface area contributed by atoms with E-state index < -0.39 is 54.2 Å². The minimum Gasteiger partial charge on any atom is -0.496 e. The zero-order chi connectivity index (χ0) is 52.4. The van der Waals surface area contributed by atoms with Crippen molar-refractivity contribution in [2.45, 2.75) is 118 Å². The average molecular weight is 989 g/mol. The number of rotatable bonds is 28. The van der Waals surface area contributed by atoms with Gasteiger partial charge in [0.15, 0.2) is 11.4 Å². The third-order valence-electron chi connectivity index (χ3n) is 11.8. The van der Waals surface area contributed by atoms with Crippen molar-refractivity contribution >= 4 is 35.6 Å². The van der Waals surface area contributed by atoms with Crippen LogP contribution in [-0.2, 0) is 41.8 Å². The van der Waals surface area contributed by atoms with Gasteiger partial charge in [-0.1, -0.05) is 73.3 Å². The largest absolute Gasteiger partial charge is 0.496 e. The van der Waals surface area contributed by atoms with Crippen molar-refractivity contribution in [1.82, 2.24) is 40.8 Å². The Balaban J connectivity index is 1.54. The molecule has 0 saturated carbocycles. The van der Waals surface area contributed by atoms with Crippen molar-refractivity contribution < 1.29 is 57.2 Å². The Kier molecular flexibility index (Phi) is 21.7. The summed E-state index contributed by atoms with van der Waals surface area (Å²) in [5.74, 6) is -1.74. The van der Waals surface area contributed by atoms with Crippen LogP contribution < -0.4 is 40.2 Å². The van der Waals surface area contributed by atoms with E-state index in [4.69, 9.17) is 28.8 Å². The highest BCUT2D eigenvalue weighted by Crippen LogP contribution is 2.42. The molecule has 0 bridgehead atoms. The summed E-state index contributed by atoms with van der Waals surface area (Å²) in [5, 5.41) is 20.1. The molecular weight excluding hydrogens is 917 g/mol. The number of esters is 2. The monoisotopic (exact) mass is 989 g/mol. The number of nitrogens with one attached hydrogen (secondary N) is 4. The first-order chi connectivity index (χ1) is 34.0. The maximum atomic E-state index is 13.9. The number of carbonyl (C=O) groups is 6. The number of ether oxygens (including phenoxy) is 6. The van der Waals surface area contributed by atoms with Crippen LogP contribution in [0.4, 0.5) is 0 Å². The molecule has 2 aromatic carbocycles. The topological polar surface area (TPSA) is 242 Å². The maximum Gasteiger partial charge on any atom is 0.325 e. The van der Waals surface area contributed by atoms with Crippen LogP contribution in [0.1, 0.15) is 120 Å². The first kappa shape index (κ1) is 56.5. The molecule has 20 heteroatoms. The van der Waals surface area contributed by atoms with Crippen LogP contribution in [0.2, 0.25) is 0 Å². The summed E-state index contributed by atoms with van der Waals surface area (Å²) in [7, 11) is 7.25. The molecule has 4 amide bonds. The summed E-state index contributed by atoms with van der Waals surface area (Å²) < 4.78 is 36.8. The minimum absolute atomic E-state index is 0.0155. The fourth-order valence-electron chi connectivity index (χ4n) is 7.63. The van der Waals surface area contributed by atoms with Gasteiger partial charge in [-0.05, 0) is 68.0 Å². The highest BCUT2D eigenvalue weighted by Gasteiger charge is 2.30. The summed E-state index contributed by atoms with van der Waals surface area (Å²) in [6.07, 6.45) is 3.38. The number of aromatic nitrogens is 4. The van der Waals surface area contributed by atoms with E-state index in [-0.39, 0.29) is 48.2 Å². The van der Waals surface area contributed by atoms with E-state index in [1.165, 1.54) is 21.3 Å². The molecule has 0 aliphatic carbocycles. The molecule has 4 rings (SSSR count). The summed E-state index contributed by atoms with van der Waals surface area (Å²) in [6, 6.07) is 9.89. The number of benzene rings is 2.